The summed E-state index contributed by atoms with van der Waals surface area (Å²) in [6.45, 7) is 2.30. The molecule has 2 saturated heterocycles. The molecule has 2 aliphatic rings. The summed E-state index contributed by atoms with van der Waals surface area (Å²) in [6, 6.07) is 2.29. The number of aryl methyl sites for hydroxylation is 1. The minimum atomic E-state index is 0.421. The first-order chi connectivity index (χ1) is 8.15. The summed E-state index contributed by atoms with van der Waals surface area (Å²) in [7, 11) is 1.98. The number of piperidine rings is 1. The highest BCUT2D eigenvalue weighted by molar-refractivity contribution is 5.13. The van der Waals surface area contributed by atoms with Crippen LogP contribution in [0.3, 0.4) is 0 Å². The lowest BCUT2D eigenvalue weighted by Gasteiger charge is -2.41. The van der Waals surface area contributed by atoms with E-state index in [2.05, 4.69) is 23.1 Å². The van der Waals surface area contributed by atoms with Crippen molar-refractivity contribution < 1.29 is 0 Å². The van der Waals surface area contributed by atoms with Crippen LogP contribution in [-0.2, 0) is 7.05 Å². The summed E-state index contributed by atoms with van der Waals surface area (Å²) >= 11 is 0. The Hall–Kier alpha value is -0.870. The Labute approximate surface area is 103 Å². The van der Waals surface area contributed by atoms with E-state index in [0.29, 0.717) is 24.2 Å². The Morgan fingerprint density at radius 2 is 2.00 bits per heavy atom. The van der Waals surface area contributed by atoms with Gasteiger partial charge in [-0.2, -0.15) is 5.10 Å². The first kappa shape index (κ1) is 11.2. The third-order valence-corrected chi connectivity index (χ3v) is 4.48. The fraction of sp³-hybridized carbons (Fsp3) is 0.769. The molecule has 2 N–H and O–H groups in total. The lowest BCUT2D eigenvalue weighted by molar-refractivity contribution is 0.0853. The van der Waals surface area contributed by atoms with Crippen LogP contribution in [0.5, 0.6) is 0 Å². The van der Waals surface area contributed by atoms with Crippen LogP contribution < -0.4 is 5.73 Å². The normalized spacial score (nSPS) is 35.1. The molecule has 1 aromatic heterocycles. The van der Waals surface area contributed by atoms with Crippen LogP contribution >= 0.6 is 0 Å². The second kappa shape index (κ2) is 4.10. The summed E-state index contributed by atoms with van der Waals surface area (Å²) in [4.78, 5) is 2.68. The Morgan fingerprint density at radius 1 is 1.35 bits per heavy atom. The van der Waals surface area contributed by atoms with Crippen molar-refractivity contribution in [1.29, 1.82) is 0 Å². The van der Waals surface area contributed by atoms with Gasteiger partial charge in [0, 0.05) is 43.0 Å². The third-order valence-electron chi connectivity index (χ3n) is 4.48. The summed E-state index contributed by atoms with van der Waals surface area (Å²) < 4.78 is 1.89. The predicted octanol–water partition coefficient (Wildman–Crippen LogP) is 1.44. The van der Waals surface area contributed by atoms with Crippen molar-refractivity contribution in [2.45, 2.75) is 56.8 Å². The highest BCUT2D eigenvalue weighted by Gasteiger charge is 2.42. The van der Waals surface area contributed by atoms with E-state index < -0.39 is 0 Å². The van der Waals surface area contributed by atoms with Crippen LogP contribution in [0.2, 0.25) is 0 Å². The molecule has 0 amide bonds. The lowest BCUT2D eigenvalue weighted by Crippen LogP contribution is -2.48. The monoisotopic (exact) mass is 234 g/mol. The molecular formula is C13H22N4. The van der Waals surface area contributed by atoms with Gasteiger partial charge in [0.25, 0.3) is 0 Å². The van der Waals surface area contributed by atoms with Crippen molar-refractivity contribution in [2.75, 3.05) is 0 Å². The first-order valence-corrected chi connectivity index (χ1v) is 6.66. The Bertz CT molecular complexity index is 386. The van der Waals surface area contributed by atoms with E-state index in [4.69, 9.17) is 5.73 Å². The number of rotatable bonds is 2. The van der Waals surface area contributed by atoms with Gasteiger partial charge in [0.05, 0.1) is 6.20 Å². The van der Waals surface area contributed by atoms with Gasteiger partial charge < -0.3 is 5.73 Å². The number of nitrogens with zero attached hydrogens (tertiary/aromatic N) is 3. The van der Waals surface area contributed by atoms with Gasteiger partial charge in [0.2, 0.25) is 0 Å². The molecule has 0 radical (unpaired) electrons. The quantitative estimate of drug-likeness (QED) is 0.842. The van der Waals surface area contributed by atoms with Gasteiger partial charge in [0.1, 0.15) is 0 Å². The smallest absolute Gasteiger partial charge is 0.0537 e. The number of hydrogen-bond acceptors (Lipinski definition) is 3. The number of aromatic nitrogens is 2. The first-order valence-electron chi connectivity index (χ1n) is 6.66. The molecule has 2 aliphatic heterocycles. The minimum absolute atomic E-state index is 0.421. The highest BCUT2D eigenvalue weighted by Crippen LogP contribution is 2.40. The molecule has 3 rings (SSSR count). The maximum atomic E-state index is 6.12. The average molecular weight is 234 g/mol. The fourth-order valence-electron chi connectivity index (χ4n) is 3.72. The molecule has 2 bridgehead atoms. The molecule has 94 valence electrons. The van der Waals surface area contributed by atoms with Gasteiger partial charge in [-0.25, -0.2) is 0 Å². The lowest BCUT2D eigenvalue weighted by atomic mass is 9.95. The maximum absolute atomic E-state index is 6.12. The summed E-state index contributed by atoms with van der Waals surface area (Å²) in [5.74, 6) is 0. The average Bonchev–Trinajstić information content (AvgIpc) is 2.81. The Morgan fingerprint density at radius 3 is 2.53 bits per heavy atom. The Balaban J connectivity index is 1.81. The van der Waals surface area contributed by atoms with Crippen molar-refractivity contribution in [3.05, 3.63) is 18.0 Å². The third kappa shape index (κ3) is 1.89. The van der Waals surface area contributed by atoms with Crippen LogP contribution in [0.15, 0.2) is 12.4 Å². The highest BCUT2D eigenvalue weighted by atomic mass is 15.3. The van der Waals surface area contributed by atoms with E-state index in [1.807, 2.05) is 17.9 Å². The van der Waals surface area contributed by atoms with Crippen molar-refractivity contribution >= 4 is 0 Å². The second-order valence-corrected chi connectivity index (χ2v) is 5.69. The molecule has 17 heavy (non-hydrogen) atoms. The largest absolute Gasteiger partial charge is 0.328 e. The SMILES string of the molecule is CC(c1cnn(C)c1)N1C2CCC1CC(N)C2. The molecule has 0 spiro atoms. The van der Waals surface area contributed by atoms with E-state index in [9.17, 15) is 0 Å². The van der Waals surface area contributed by atoms with Crippen molar-refractivity contribution in [2.24, 2.45) is 12.8 Å². The molecule has 0 aliphatic carbocycles. The molecule has 4 nitrogen and oxygen atoms in total. The molecule has 3 heterocycles. The zero-order valence-corrected chi connectivity index (χ0v) is 10.7. The number of hydrogen-bond donors (Lipinski definition) is 1. The number of fused-ring (bicyclic) bond motifs is 2. The van der Waals surface area contributed by atoms with Gasteiger partial charge in [-0.1, -0.05) is 0 Å². The van der Waals surface area contributed by atoms with Crippen molar-refractivity contribution in [3.63, 3.8) is 0 Å². The molecule has 4 heteroatoms. The zero-order chi connectivity index (χ0) is 12.0. The molecule has 2 fully saturated rings. The van der Waals surface area contributed by atoms with E-state index in [0.717, 1.165) is 0 Å². The van der Waals surface area contributed by atoms with Gasteiger partial charge in [-0.15, -0.1) is 0 Å². The molecule has 0 aromatic carbocycles. The summed E-state index contributed by atoms with van der Waals surface area (Å²) in [6.07, 6.45) is 9.12. The van der Waals surface area contributed by atoms with E-state index in [1.165, 1.54) is 31.2 Å². The molecule has 1 aromatic rings. The fourth-order valence-corrected chi connectivity index (χ4v) is 3.72. The molecule has 3 unspecified atom stereocenters. The maximum Gasteiger partial charge on any atom is 0.0537 e. The van der Waals surface area contributed by atoms with E-state index in [1.54, 1.807) is 0 Å². The van der Waals surface area contributed by atoms with Gasteiger partial charge >= 0.3 is 0 Å². The van der Waals surface area contributed by atoms with Gasteiger partial charge in [-0.05, 0) is 32.6 Å². The molecule has 3 atom stereocenters. The van der Waals surface area contributed by atoms with Crippen LogP contribution in [0.4, 0.5) is 0 Å². The molecule has 0 saturated carbocycles. The van der Waals surface area contributed by atoms with Crippen LogP contribution in [0.1, 0.15) is 44.2 Å². The zero-order valence-electron chi connectivity index (χ0n) is 10.7. The van der Waals surface area contributed by atoms with Gasteiger partial charge in [-0.3, -0.25) is 9.58 Å². The minimum Gasteiger partial charge on any atom is -0.328 e. The standard InChI is InChI=1S/C13H22N4/c1-9(10-7-15-16(2)8-10)17-12-3-4-13(17)6-11(14)5-12/h7-9,11-13H,3-6,14H2,1-2H3. The van der Waals surface area contributed by atoms with Crippen LogP contribution in [0.25, 0.3) is 0 Å². The topological polar surface area (TPSA) is 47.1 Å². The van der Waals surface area contributed by atoms with E-state index >= 15 is 0 Å². The van der Waals surface area contributed by atoms with Gasteiger partial charge in [0.15, 0.2) is 0 Å². The number of nitrogens with two attached hydrogens (primary N) is 1. The summed E-state index contributed by atoms with van der Waals surface area (Å²) in [5.41, 5.74) is 7.45. The van der Waals surface area contributed by atoms with Crippen molar-refractivity contribution in [3.8, 4) is 0 Å². The molecular weight excluding hydrogens is 212 g/mol. The van der Waals surface area contributed by atoms with E-state index in [-0.39, 0.29) is 0 Å². The van der Waals surface area contributed by atoms with Crippen molar-refractivity contribution in [1.82, 2.24) is 14.7 Å². The van der Waals surface area contributed by atoms with Crippen LogP contribution in [0, 0.1) is 0 Å². The predicted molar refractivity (Wildman–Crippen MR) is 67.5 cm³/mol. The second-order valence-electron chi connectivity index (χ2n) is 5.69. The van der Waals surface area contributed by atoms with Crippen LogP contribution in [-0.4, -0.2) is 32.8 Å². The Kier molecular flexibility index (Phi) is 2.71. The summed E-state index contributed by atoms with van der Waals surface area (Å²) in [5, 5.41) is 4.28.